The van der Waals surface area contributed by atoms with Crippen molar-refractivity contribution in [3.63, 3.8) is 0 Å². The van der Waals surface area contributed by atoms with Gasteiger partial charge in [0, 0.05) is 17.0 Å². The number of esters is 1. The fourth-order valence-corrected chi connectivity index (χ4v) is 6.20. The van der Waals surface area contributed by atoms with Crippen molar-refractivity contribution in [3.05, 3.63) is 116 Å². The van der Waals surface area contributed by atoms with E-state index < -0.39 is 36.1 Å². The first-order valence-electron chi connectivity index (χ1n) is 16.1. The van der Waals surface area contributed by atoms with Gasteiger partial charge in [0.1, 0.15) is 36.7 Å². The van der Waals surface area contributed by atoms with Crippen molar-refractivity contribution in [2.45, 2.75) is 58.6 Å². The van der Waals surface area contributed by atoms with Gasteiger partial charge in [0.05, 0.1) is 28.3 Å². The fraction of sp³-hybridized carbons (Fsp3) is 0.250. The number of carboxylic acids is 1. The summed E-state index contributed by atoms with van der Waals surface area (Å²) in [5.41, 5.74) is 3.32. The molecular formula is C36H34Cl2F3N5O7S. The van der Waals surface area contributed by atoms with E-state index in [4.69, 9.17) is 37.8 Å². The molecule has 286 valence electrons. The lowest BCUT2D eigenvalue weighted by molar-refractivity contribution is -0.506. The van der Waals surface area contributed by atoms with E-state index in [0.717, 1.165) is 26.7 Å². The number of alkyl halides is 3. The minimum absolute atomic E-state index is 0.0941. The number of halogens is 5. The van der Waals surface area contributed by atoms with Crippen molar-refractivity contribution < 1.29 is 51.7 Å². The number of rotatable bonds is 11. The summed E-state index contributed by atoms with van der Waals surface area (Å²) in [5.74, 6) is -3.77. The molecule has 5 aromatic rings. The Morgan fingerprint density at radius 3 is 2.19 bits per heavy atom. The molecule has 0 fully saturated rings. The Kier molecular flexibility index (Phi) is 13.9. The topological polar surface area (TPSA) is 166 Å². The van der Waals surface area contributed by atoms with E-state index in [1.807, 2.05) is 35.9 Å². The van der Waals surface area contributed by atoms with Crippen molar-refractivity contribution in [3.8, 4) is 5.75 Å². The molecule has 0 bridgehead atoms. The number of urea groups is 1. The summed E-state index contributed by atoms with van der Waals surface area (Å²) in [6.07, 6.45) is -1.29. The van der Waals surface area contributed by atoms with Crippen molar-refractivity contribution in [1.29, 1.82) is 0 Å². The van der Waals surface area contributed by atoms with Gasteiger partial charge in [-0.1, -0.05) is 52.7 Å². The summed E-state index contributed by atoms with van der Waals surface area (Å²) < 4.78 is 40.9. The molecule has 18 heteroatoms. The van der Waals surface area contributed by atoms with Crippen LogP contribution in [0.4, 0.5) is 23.7 Å². The van der Waals surface area contributed by atoms with Crippen LogP contribution < -0.4 is 25.5 Å². The number of nitrogens with one attached hydrogen (secondary N) is 3. The number of imidazole rings is 1. The second-order valence-electron chi connectivity index (χ2n) is 12.0. The number of hydrogen-bond acceptors (Lipinski definition) is 8. The lowest BCUT2D eigenvalue weighted by Crippen LogP contribution is -2.49. The van der Waals surface area contributed by atoms with Crippen molar-refractivity contribution in [2.75, 3.05) is 5.32 Å². The number of nitrogens with zero attached hydrogens (tertiary/aromatic N) is 2. The predicted octanol–water partition coefficient (Wildman–Crippen LogP) is 5.57. The number of carbonyl (C=O) groups is 4. The first-order valence-corrected chi connectivity index (χ1v) is 17.6. The van der Waals surface area contributed by atoms with Crippen molar-refractivity contribution >= 4 is 69.1 Å². The predicted molar refractivity (Wildman–Crippen MR) is 193 cm³/mol. The van der Waals surface area contributed by atoms with Crippen molar-refractivity contribution in [1.82, 2.24) is 15.2 Å². The van der Waals surface area contributed by atoms with Crippen LogP contribution in [0.25, 0.3) is 4.96 Å². The Balaban J connectivity index is 0.000000845. The number of fused-ring (bicyclic) bond motifs is 1. The Hall–Kier alpha value is -5.32. The van der Waals surface area contributed by atoms with Gasteiger partial charge in [-0.05, 0) is 80.4 Å². The molecule has 12 nitrogen and oxygen atoms in total. The quantitative estimate of drug-likeness (QED) is 0.100. The number of ether oxygens (including phenoxy) is 1. The van der Waals surface area contributed by atoms with E-state index >= 15 is 0 Å². The molecule has 4 N–H and O–H groups in total. The number of thiazole rings is 1. The van der Waals surface area contributed by atoms with Gasteiger partial charge in [-0.25, -0.2) is 14.2 Å². The van der Waals surface area contributed by atoms with Crippen LogP contribution in [0.1, 0.15) is 45.9 Å². The summed E-state index contributed by atoms with van der Waals surface area (Å²) in [6, 6.07) is 16.7. The number of aromatic nitrogens is 2. The average molecular weight is 809 g/mol. The SMILES string of the molecule is Cc1c[n+]2cc(CNC(=O)[C@H](Cc3ccc(O)cc3)NC(=O)Nc3ccc(C(=O)OC(C)C)cc3)n(Cc3ccc(Cl)c(Cl)c3)c2s1.O=C([O-])C(F)(F)F. The van der Waals surface area contributed by atoms with Gasteiger partial charge >= 0.3 is 23.1 Å². The number of aromatic hydroxyl groups is 1. The molecule has 0 aliphatic carbocycles. The highest BCUT2D eigenvalue weighted by atomic mass is 35.5. The smallest absolute Gasteiger partial charge is 0.430 e. The normalized spacial score (nSPS) is 11.7. The van der Waals surface area contributed by atoms with Crippen LogP contribution in [0.5, 0.6) is 5.75 Å². The summed E-state index contributed by atoms with van der Waals surface area (Å²) in [4.78, 5) is 49.8. The second-order valence-corrected chi connectivity index (χ2v) is 14.1. The van der Waals surface area contributed by atoms with E-state index in [9.17, 15) is 32.7 Å². The molecule has 0 aliphatic rings. The summed E-state index contributed by atoms with van der Waals surface area (Å²) in [7, 11) is 0. The maximum atomic E-state index is 13.6. The molecule has 0 saturated carbocycles. The van der Waals surface area contributed by atoms with Gasteiger partial charge in [-0.3, -0.25) is 4.79 Å². The highest BCUT2D eigenvalue weighted by Gasteiger charge is 2.29. The highest BCUT2D eigenvalue weighted by molar-refractivity contribution is 7.16. The molecular weight excluding hydrogens is 774 g/mol. The van der Waals surface area contributed by atoms with Crippen LogP contribution in [0.3, 0.4) is 0 Å². The Morgan fingerprint density at radius 1 is 0.963 bits per heavy atom. The number of aliphatic carboxylic acids is 1. The molecule has 2 heterocycles. The standard InChI is InChI=1S/C34H33Cl2N5O5S.C2HF3O2/c1-20(2)46-32(44)24-7-9-25(10-8-24)38-33(45)39-30(15-22-4-11-27(42)12-5-22)31(43)37-16-26-19-40-17-21(3)47-34(40)41(26)18-23-6-13-28(35)29(36)14-23;3-2(4,5)1(6)7/h4-14,17,19-20,30H,15-16,18H2,1-3H3,(H3-,37,38,39,42,43,44,45);(H,6,7)/t30-;/m0./s1. The van der Waals surface area contributed by atoms with Gasteiger partial charge in [-0.15, -0.1) is 0 Å². The number of benzene rings is 3. The Morgan fingerprint density at radius 2 is 1.59 bits per heavy atom. The molecule has 5 rings (SSSR count). The van der Waals surface area contributed by atoms with E-state index in [-0.39, 0.29) is 24.8 Å². The molecule has 1 atom stereocenters. The van der Waals surface area contributed by atoms with Crippen LogP contribution in [-0.2, 0) is 33.8 Å². The molecule has 54 heavy (non-hydrogen) atoms. The molecule has 3 amide bonds. The van der Waals surface area contributed by atoms with Gasteiger partial charge < -0.3 is 35.7 Å². The van der Waals surface area contributed by atoms with Crippen LogP contribution in [0, 0.1) is 6.92 Å². The Labute approximate surface area is 321 Å². The lowest BCUT2D eigenvalue weighted by Gasteiger charge is -2.19. The number of amides is 3. The van der Waals surface area contributed by atoms with E-state index in [2.05, 4.69) is 20.5 Å². The minimum atomic E-state index is -5.19. The number of hydrogen-bond donors (Lipinski definition) is 4. The number of carboxylic acid groups (broad SMARTS) is 1. The number of carbonyl (C=O) groups excluding carboxylic acids is 4. The Bertz CT molecular complexity index is 2120. The van der Waals surface area contributed by atoms with Crippen LogP contribution >= 0.6 is 34.5 Å². The molecule has 0 spiro atoms. The zero-order valence-electron chi connectivity index (χ0n) is 28.9. The molecule has 0 radical (unpaired) electrons. The average Bonchev–Trinajstić information content (AvgIpc) is 3.61. The third-order valence-corrected chi connectivity index (χ3v) is 9.16. The fourth-order valence-electron chi connectivity index (χ4n) is 4.92. The summed E-state index contributed by atoms with van der Waals surface area (Å²) in [6.45, 7) is 6.25. The largest absolute Gasteiger partial charge is 0.542 e. The van der Waals surface area contributed by atoms with Gasteiger partial charge in [-0.2, -0.15) is 17.6 Å². The first kappa shape index (κ1) is 41.4. The molecule has 0 unspecified atom stereocenters. The highest BCUT2D eigenvalue weighted by Crippen LogP contribution is 2.25. The summed E-state index contributed by atoms with van der Waals surface area (Å²) >= 11 is 14.0. The summed E-state index contributed by atoms with van der Waals surface area (Å²) in [5, 5.41) is 27.9. The van der Waals surface area contributed by atoms with E-state index in [1.54, 1.807) is 67.6 Å². The molecule has 0 saturated heterocycles. The first-order chi connectivity index (χ1) is 25.4. The van der Waals surface area contributed by atoms with Gasteiger partial charge in [0.15, 0.2) is 5.69 Å². The van der Waals surface area contributed by atoms with Crippen LogP contribution in [-0.4, -0.2) is 51.9 Å². The maximum absolute atomic E-state index is 13.6. The molecule has 0 aliphatic heterocycles. The monoisotopic (exact) mass is 807 g/mol. The van der Waals surface area contributed by atoms with E-state index in [0.29, 0.717) is 27.8 Å². The zero-order chi connectivity index (χ0) is 39.7. The van der Waals surface area contributed by atoms with Gasteiger partial charge in [0.25, 0.3) is 0 Å². The molecule has 3 aromatic carbocycles. The lowest BCUT2D eigenvalue weighted by atomic mass is 10.0. The third kappa shape index (κ3) is 11.8. The van der Waals surface area contributed by atoms with Gasteiger partial charge in [0.2, 0.25) is 5.91 Å². The number of phenolic OH excluding ortho intramolecular Hbond substituents is 1. The molecule has 2 aromatic heterocycles. The van der Waals surface area contributed by atoms with Crippen LogP contribution in [0.2, 0.25) is 10.0 Å². The van der Waals surface area contributed by atoms with E-state index in [1.165, 1.54) is 12.1 Å². The minimum Gasteiger partial charge on any atom is -0.542 e. The third-order valence-electron chi connectivity index (χ3n) is 7.38. The maximum Gasteiger partial charge on any atom is 0.430 e. The number of aryl methyl sites for hydroxylation is 1. The van der Waals surface area contributed by atoms with Crippen LogP contribution in [0.15, 0.2) is 79.1 Å². The second kappa shape index (κ2) is 18.1. The van der Waals surface area contributed by atoms with Crippen molar-refractivity contribution in [2.24, 2.45) is 0 Å². The number of phenols is 1. The zero-order valence-corrected chi connectivity index (χ0v) is 31.2. The number of anilines is 1.